The number of nitrogens with two attached hydrogens (primary N) is 1. The molecule has 3 heterocycles. The molecule has 2 aliphatic rings. The van der Waals surface area contributed by atoms with Crippen molar-refractivity contribution in [2.75, 3.05) is 6.61 Å². The molecule has 1 unspecified atom stereocenters. The number of aromatic nitrogens is 2. The lowest BCUT2D eigenvalue weighted by molar-refractivity contribution is 0.264. The number of rotatable bonds is 1. The Kier molecular flexibility index (Phi) is 2.82. The molecule has 6 heteroatoms. The largest absolute Gasteiger partial charge is 0.462 e. The predicted molar refractivity (Wildman–Crippen MR) is 92.3 cm³/mol. The van der Waals surface area contributed by atoms with Gasteiger partial charge in [0, 0.05) is 29.1 Å². The van der Waals surface area contributed by atoms with Crippen LogP contribution in [0.3, 0.4) is 0 Å². The number of nitrogens with zero attached hydrogens (tertiary/aromatic N) is 3. The summed E-state index contributed by atoms with van der Waals surface area (Å²) in [5, 5.41) is 0. The van der Waals surface area contributed by atoms with Crippen molar-refractivity contribution in [1.82, 2.24) is 9.97 Å². The summed E-state index contributed by atoms with van der Waals surface area (Å²) < 4.78 is 11.6. The summed E-state index contributed by atoms with van der Waals surface area (Å²) in [6.07, 6.45) is 5.07. The summed E-state index contributed by atoms with van der Waals surface area (Å²) >= 11 is 0. The summed E-state index contributed by atoms with van der Waals surface area (Å²) in [6, 6.07) is 14.0. The van der Waals surface area contributed by atoms with Crippen LogP contribution in [0.25, 0.3) is 11.1 Å². The highest BCUT2D eigenvalue weighted by atomic mass is 16.5. The quantitative estimate of drug-likeness (QED) is 0.742. The van der Waals surface area contributed by atoms with Gasteiger partial charge in [-0.2, -0.15) is 0 Å². The number of aliphatic imine (C=N–C) groups is 1. The molecule has 1 spiro atoms. The van der Waals surface area contributed by atoms with Crippen LogP contribution in [-0.2, 0) is 10.3 Å². The Labute approximate surface area is 144 Å². The Morgan fingerprint density at radius 2 is 1.72 bits per heavy atom. The zero-order valence-corrected chi connectivity index (χ0v) is 13.2. The predicted octanol–water partition coefficient (Wildman–Crippen LogP) is 2.84. The number of hydrogen-bond donors (Lipinski definition) is 1. The molecule has 3 aromatic rings. The molecule has 0 saturated carbocycles. The van der Waals surface area contributed by atoms with Crippen molar-refractivity contribution in [2.24, 2.45) is 10.7 Å². The molecule has 5 rings (SSSR count). The Hall–Kier alpha value is -3.41. The molecule has 0 saturated heterocycles. The third-order valence-electron chi connectivity index (χ3n) is 4.60. The number of benzene rings is 2. The topological polar surface area (TPSA) is 82.6 Å². The molecular formula is C19H14N4O2. The molecule has 122 valence electrons. The summed E-state index contributed by atoms with van der Waals surface area (Å²) in [5.41, 5.74) is 8.96. The van der Waals surface area contributed by atoms with E-state index in [0.717, 1.165) is 33.8 Å². The van der Waals surface area contributed by atoms with E-state index in [2.05, 4.69) is 21.0 Å². The third kappa shape index (κ3) is 2.00. The van der Waals surface area contributed by atoms with E-state index in [1.54, 1.807) is 12.4 Å². The van der Waals surface area contributed by atoms with E-state index in [1.807, 2.05) is 36.4 Å². The van der Waals surface area contributed by atoms with Gasteiger partial charge in [-0.1, -0.05) is 24.3 Å². The second-order valence-corrected chi connectivity index (χ2v) is 6.04. The number of fused-ring (bicyclic) bond motifs is 4. The molecule has 2 aliphatic heterocycles. The van der Waals surface area contributed by atoms with Crippen molar-refractivity contribution in [3.8, 4) is 22.6 Å². The van der Waals surface area contributed by atoms with Gasteiger partial charge >= 0.3 is 0 Å². The molecular weight excluding hydrogens is 316 g/mol. The van der Waals surface area contributed by atoms with Crippen LogP contribution < -0.4 is 10.5 Å². The first kappa shape index (κ1) is 14.0. The summed E-state index contributed by atoms with van der Waals surface area (Å²) in [4.78, 5) is 12.8. The second kappa shape index (κ2) is 5.04. The number of ether oxygens (including phenoxy) is 2. The fourth-order valence-electron chi connectivity index (χ4n) is 3.44. The van der Waals surface area contributed by atoms with Crippen molar-refractivity contribution in [1.29, 1.82) is 0 Å². The average Bonchev–Trinajstić information content (AvgIpc) is 3.05. The maximum atomic E-state index is 6.09. The highest BCUT2D eigenvalue weighted by Gasteiger charge is 2.46. The molecule has 0 bridgehead atoms. The first-order valence-electron chi connectivity index (χ1n) is 7.92. The number of amidine groups is 1. The number of hydrogen-bond acceptors (Lipinski definition) is 6. The highest BCUT2D eigenvalue weighted by Crippen LogP contribution is 2.51. The standard InChI is InChI=1S/C19H14N4O2/c20-18-23-19(10-24-18)14-3-1-2-4-16(14)25-17-6-5-12(7-15(17)19)13-8-21-11-22-9-13/h1-9,11H,10H2,(H2,20,23). The van der Waals surface area contributed by atoms with E-state index in [9.17, 15) is 0 Å². The smallest absolute Gasteiger partial charge is 0.283 e. The summed E-state index contributed by atoms with van der Waals surface area (Å²) in [5.74, 6) is 1.52. The SMILES string of the molecule is NC1=NC2(CO1)c1ccccc1Oc1ccc(-c3cncnc3)cc12. The van der Waals surface area contributed by atoms with Gasteiger partial charge in [0.2, 0.25) is 0 Å². The molecule has 2 N–H and O–H groups in total. The van der Waals surface area contributed by atoms with Gasteiger partial charge in [0.25, 0.3) is 6.02 Å². The first-order valence-corrected chi connectivity index (χ1v) is 7.92. The Morgan fingerprint density at radius 1 is 0.920 bits per heavy atom. The van der Waals surface area contributed by atoms with Crippen molar-refractivity contribution in [3.05, 3.63) is 72.3 Å². The van der Waals surface area contributed by atoms with Gasteiger partial charge in [-0.15, -0.1) is 0 Å². The minimum atomic E-state index is -0.695. The molecule has 6 nitrogen and oxygen atoms in total. The fraction of sp³-hybridized carbons (Fsp3) is 0.105. The Morgan fingerprint density at radius 3 is 2.52 bits per heavy atom. The monoisotopic (exact) mass is 330 g/mol. The van der Waals surface area contributed by atoms with Crippen molar-refractivity contribution >= 4 is 6.02 Å². The normalized spacial score (nSPS) is 20.2. The zero-order valence-electron chi connectivity index (χ0n) is 13.2. The van der Waals surface area contributed by atoms with Gasteiger partial charge in [-0.05, 0) is 23.8 Å². The van der Waals surface area contributed by atoms with Crippen LogP contribution >= 0.6 is 0 Å². The average molecular weight is 330 g/mol. The van der Waals surface area contributed by atoms with E-state index in [4.69, 9.17) is 15.2 Å². The molecule has 0 fully saturated rings. The lowest BCUT2D eigenvalue weighted by atomic mass is 9.80. The minimum absolute atomic E-state index is 0.191. The molecule has 25 heavy (non-hydrogen) atoms. The Bertz CT molecular complexity index is 1000. The van der Waals surface area contributed by atoms with Gasteiger partial charge in [0.1, 0.15) is 24.4 Å². The van der Waals surface area contributed by atoms with Crippen LogP contribution in [0.4, 0.5) is 0 Å². The van der Waals surface area contributed by atoms with Crippen molar-refractivity contribution in [3.63, 3.8) is 0 Å². The summed E-state index contributed by atoms with van der Waals surface area (Å²) in [7, 11) is 0. The van der Waals surface area contributed by atoms with Crippen LogP contribution in [0, 0.1) is 0 Å². The van der Waals surface area contributed by atoms with E-state index < -0.39 is 5.54 Å². The molecule has 1 aromatic heterocycles. The van der Waals surface area contributed by atoms with Crippen molar-refractivity contribution < 1.29 is 9.47 Å². The molecule has 0 amide bonds. The van der Waals surface area contributed by atoms with Crippen LogP contribution in [0.2, 0.25) is 0 Å². The van der Waals surface area contributed by atoms with E-state index in [0.29, 0.717) is 6.61 Å². The van der Waals surface area contributed by atoms with Gasteiger partial charge < -0.3 is 15.2 Å². The van der Waals surface area contributed by atoms with Crippen LogP contribution in [0.5, 0.6) is 11.5 Å². The van der Waals surface area contributed by atoms with Gasteiger partial charge in [0.15, 0.2) is 5.54 Å². The van der Waals surface area contributed by atoms with Gasteiger partial charge in [-0.25, -0.2) is 15.0 Å². The minimum Gasteiger partial charge on any atom is -0.462 e. The van der Waals surface area contributed by atoms with E-state index >= 15 is 0 Å². The zero-order chi connectivity index (χ0) is 16.9. The van der Waals surface area contributed by atoms with E-state index in [1.165, 1.54) is 6.33 Å². The summed E-state index contributed by atoms with van der Waals surface area (Å²) in [6.45, 7) is 0.348. The molecule has 0 aliphatic carbocycles. The molecule has 1 atom stereocenters. The van der Waals surface area contributed by atoms with Crippen LogP contribution in [0.1, 0.15) is 11.1 Å². The fourth-order valence-corrected chi connectivity index (χ4v) is 3.44. The lowest BCUT2D eigenvalue weighted by Crippen LogP contribution is -2.31. The van der Waals surface area contributed by atoms with Crippen molar-refractivity contribution in [2.45, 2.75) is 5.54 Å². The van der Waals surface area contributed by atoms with Gasteiger partial charge in [0.05, 0.1) is 0 Å². The second-order valence-electron chi connectivity index (χ2n) is 6.04. The van der Waals surface area contributed by atoms with Gasteiger partial charge in [-0.3, -0.25) is 0 Å². The molecule has 0 radical (unpaired) electrons. The highest BCUT2D eigenvalue weighted by molar-refractivity contribution is 5.77. The third-order valence-corrected chi connectivity index (χ3v) is 4.60. The first-order chi connectivity index (χ1) is 12.3. The number of para-hydroxylation sites is 1. The Balaban J connectivity index is 1.75. The van der Waals surface area contributed by atoms with Crippen LogP contribution in [-0.4, -0.2) is 22.6 Å². The molecule has 2 aromatic carbocycles. The lowest BCUT2D eigenvalue weighted by Gasteiger charge is -2.33. The maximum Gasteiger partial charge on any atom is 0.283 e. The van der Waals surface area contributed by atoms with Crippen LogP contribution in [0.15, 0.2) is 66.2 Å². The maximum absolute atomic E-state index is 6.09. The van der Waals surface area contributed by atoms with E-state index in [-0.39, 0.29) is 6.02 Å².